The topological polar surface area (TPSA) is 70.5 Å². The fourth-order valence-electron chi connectivity index (χ4n) is 2.44. The second-order valence-electron chi connectivity index (χ2n) is 5.96. The minimum absolute atomic E-state index is 0.0587. The second kappa shape index (κ2) is 7.73. The number of aliphatic hydroxyl groups excluding tert-OH is 1. The van der Waals surface area contributed by atoms with Crippen molar-refractivity contribution in [1.29, 1.82) is 0 Å². The highest BCUT2D eigenvalue weighted by molar-refractivity contribution is 7.89. The first kappa shape index (κ1) is 20.3. The van der Waals surface area contributed by atoms with Crippen LogP contribution in [-0.4, -0.2) is 42.5 Å². The Bertz CT molecular complexity index is 855. The Morgan fingerprint density at radius 3 is 2.38 bits per heavy atom. The maximum atomic E-state index is 12.9. The van der Waals surface area contributed by atoms with E-state index >= 15 is 0 Å². The van der Waals surface area contributed by atoms with Gasteiger partial charge in [0, 0.05) is 19.3 Å². The number of sulfonamides is 1. The van der Waals surface area contributed by atoms with Crippen molar-refractivity contribution in [3.05, 3.63) is 59.3 Å². The first-order valence-corrected chi connectivity index (χ1v) is 9.18. The number of hydrogen-bond donors (Lipinski definition) is 1. The van der Waals surface area contributed by atoms with Gasteiger partial charge in [-0.3, -0.25) is 0 Å². The van der Waals surface area contributed by atoms with Crippen molar-refractivity contribution in [2.75, 3.05) is 13.6 Å². The Morgan fingerprint density at radius 1 is 1.19 bits per heavy atom. The summed E-state index contributed by atoms with van der Waals surface area (Å²) in [5, 5.41) is 9.42. The van der Waals surface area contributed by atoms with Crippen molar-refractivity contribution in [2.24, 2.45) is 0 Å². The van der Waals surface area contributed by atoms with Crippen LogP contribution in [0.4, 0.5) is 13.2 Å². The van der Waals surface area contributed by atoms with Crippen molar-refractivity contribution in [1.82, 2.24) is 9.29 Å². The highest BCUT2D eigenvalue weighted by atomic mass is 32.2. The molecular weight excluding hydrogens is 369 g/mol. The smallest absolute Gasteiger partial charge is 0.391 e. The standard InChI is InChI=1S/C17H19F3N2O3S/c1-12-8-14(17(18,19)20)10-16(21-12)26(24,25)22(2)11-15(23)9-13-6-4-3-5-7-13/h3-8,10,15,23H,9,11H2,1-2H3. The Morgan fingerprint density at radius 2 is 1.81 bits per heavy atom. The molecule has 2 aromatic rings. The molecular formula is C17H19F3N2O3S. The van der Waals surface area contributed by atoms with Gasteiger partial charge in [-0.1, -0.05) is 30.3 Å². The molecule has 0 saturated carbocycles. The van der Waals surface area contributed by atoms with E-state index in [9.17, 15) is 26.7 Å². The molecule has 5 nitrogen and oxygen atoms in total. The molecule has 0 aliphatic carbocycles. The molecule has 2 rings (SSSR count). The summed E-state index contributed by atoms with van der Waals surface area (Å²) in [5.41, 5.74) is -0.322. The Labute approximate surface area is 150 Å². The minimum atomic E-state index is -4.68. The molecule has 0 radical (unpaired) electrons. The zero-order chi connectivity index (χ0) is 19.5. The third kappa shape index (κ3) is 5.03. The van der Waals surface area contributed by atoms with E-state index in [1.54, 1.807) is 24.3 Å². The molecule has 1 unspecified atom stereocenters. The molecule has 1 N–H and O–H groups in total. The summed E-state index contributed by atoms with van der Waals surface area (Å²) in [6.07, 6.45) is -5.47. The van der Waals surface area contributed by atoms with Gasteiger partial charge in [-0.2, -0.15) is 17.5 Å². The van der Waals surface area contributed by atoms with Gasteiger partial charge in [0.05, 0.1) is 11.7 Å². The van der Waals surface area contributed by atoms with E-state index in [4.69, 9.17) is 0 Å². The van der Waals surface area contributed by atoms with Crippen molar-refractivity contribution < 1.29 is 26.7 Å². The molecule has 1 aromatic carbocycles. The average molecular weight is 388 g/mol. The monoisotopic (exact) mass is 388 g/mol. The number of pyridine rings is 1. The zero-order valence-corrected chi connectivity index (χ0v) is 15.0. The predicted octanol–water partition coefficient (Wildman–Crippen LogP) is 2.63. The summed E-state index contributed by atoms with van der Waals surface area (Å²) in [5.74, 6) is 0. The lowest BCUT2D eigenvalue weighted by molar-refractivity contribution is -0.137. The van der Waals surface area contributed by atoms with E-state index in [0.717, 1.165) is 15.9 Å². The van der Waals surface area contributed by atoms with Gasteiger partial charge in [-0.05, 0) is 31.0 Å². The lowest BCUT2D eigenvalue weighted by Crippen LogP contribution is -2.35. The number of aryl methyl sites for hydroxylation is 1. The molecule has 0 amide bonds. The van der Waals surface area contributed by atoms with Gasteiger partial charge in [0.1, 0.15) is 0 Å². The normalized spacial score (nSPS) is 13.8. The lowest BCUT2D eigenvalue weighted by atomic mass is 10.1. The predicted molar refractivity (Wildman–Crippen MR) is 89.9 cm³/mol. The maximum absolute atomic E-state index is 12.9. The van der Waals surface area contributed by atoms with E-state index in [1.165, 1.54) is 14.0 Å². The summed E-state index contributed by atoms with van der Waals surface area (Å²) in [6.45, 7) is 1.02. The minimum Gasteiger partial charge on any atom is -0.391 e. The van der Waals surface area contributed by atoms with Crippen LogP contribution in [0.2, 0.25) is 0 Å². The van der Waals surface area contributed by atoms with E-state index in [2.05, 4.69) is 4.98 Å². The van der Waals surface area contributed by atoms with E-state index < -0.39 is 32.9 Å². The number of aromatic nitrogens is 1. The molecule has 0 fully saturated rings. The van der Waals surface area contributed by atoms with E-state index in [-0.39, 0.29) is 18.7 Å². The Balaban J connectivity index is 2.20. The number of alkyl halides is 3. The average Bonchev–Trinajstić information content (AvgIpc) is 2.54. The third-order valence-corrected chi connectivity index (χ3v) is 5.42. The van der Waals surface area contributed by atoms with Gasteiger partial charge in [-0.15, -0.1) is 0 Å². The number of rotatable bonds is 6. The largest absolute Gasteiger partial charge is 0.416 e. The number of hydrogen-bond acceptors (Lipinski definition) is 4. The van der Waals surface area contributed by atoms with E-state index in [0.29, 0.717) is 6.07 Å². The van der Waals surface area contributed by atoms with Gasteiger partial charge in [-0.25, -0.2) is 13.4 Å². The van der Waals surface area contributed by atoms with Crippen LogP contribution in [-0.2, 0) is 22.6 Å². The van der Waals surface area contributed by atoms with Crippen LogP contribution in [0.25, 0.3) is 0 Å². The highest BCUT2D eigenvalue weighted by Gasteiger charge is 2.34. The molecule has 0 bridgehead atoms. The summed E-state index contributed by atoms with van der Waals surface area (Å²) in [6, 6.07) is 10.3. The fraction of sp³-hybridized carbons (Fsp3) is 0.353. The van der Waals surface area contributed by atoms with Gasteiger partial charge in [0.2, 0.25) is 0 Å². The molecule has 1 aromatic heterocycles. The highest BCUT2D eigenvalue weighted by Crippen LogP contribution is 2.31. The molecule has 0 spiro atoms. The quantitative estimate of drug-likeness (QED) is 0.826. The van der Waals surface area contributed by atoms with Crippen LogP contribution in [0.1, 0.15) is 16.8 Å². The molecule has 1 atom stereocenters. The molecule has 0 saturated heterocycles. The molecule has 26 heavy (non-hydrogen) atoms. The molecule has 142 valence electrons. The number of nitrogens with zero attached hydrogens (tertiary/aromatic N) is 2. The van der Waals surface area contributed by atoms with Crippen molar-refractivity contribution in [2.45, 2.75) is 30.7 Å². The molecule has 0 aliphatic rings. The van der Waals surface area contributed by atoms with Gasteiger partial charge < -0.3 is 5.11 Å². The van der Waals surface area contributed by atoms with E-state index in [1.807, 2.05) is 6.07 Å². The van der Waals surface area contributed by atoms with Crippen LogP contribution in [0.15, 0.2) is 47.5 Å². The van der Waals surface area contributed by atoms with Crippen LogP contribution in [0.3, 0.4) is 0 Å². The summed E-state index contributed by atoms with van der Waals surface area (Å²) in [7, 11) is -3.07. The first-order valence-electron chi connectivity index (χ1n) is 7.74. The van der Waals surface area contributed by atoms with Crippen molar-refractivity contribution >= 4 is 10.0 Å². The summed E-state index contributed by atoms with van der Waals surface area (Å²) < 4.78 is 64.6. The first-order chi connectivity index (χ1) is 12.0. The van der Waals surface area contributed by atoms with Crippen LogP contribution in [0, 0.1) is 6.92 Å². The summed E-state index contributed by atoms with van der Waals surface area (Å²) >= 11 is 0. The van der Waals surface area contributed by atoms with Gasteiger partial charge >= 0.3 is 6.18 Å². The van der Waals surface area contributed by atoms with Crippen molar-refractivity contribution in [3.8, 4) is 0 Å². The Kier molecular flexibility index (Phi) is 6.05. The number of aliphatic hydroxyl groups is 1. The second-order valence-corrected chi connectivity index (χ2v) is 7.95. The third-order valence-electron chi connectivity index (χ3n) is 3.71. The number of halogens is 3. The fourth-order valence-corrected chi connectivity index (χ4v) is 3.66. The Hall–Kier alpha value is -1.97. The SMILES string of the molecule is Cc1cc(C(F)(F)F)cc(S(=O)(=O)N(C)CC(O)Cc2ccccc2)n1. The zero-order valence-electron chi connectivity index (χ0n) is 14.2. The van der Waals surface area contributed by atoms with Crippen molar-refractivity contribution in [3.63, 3.8) is 0 Å². The van der Waals surface area contributed by atoms with Gasteiger partial charge in [0.15, 0.2) is 5.03 Å². The van der Waals surface area contributed by atoms with Crippen LogP contribution >= 0.6 is 0 Å². The van der Waals surface area contributed by atoms with Gasteiger partial charge in [0.25, 0.3) is 10.0 Å². The molecule has 1 heterocycles. The number of benzene rings is 1. The maximum Gasteiger partial charge on any atom is 0.416 e. The van der Waals surface area contributed by atoms with Crippen LogP contribution in [0.5, 0.6) is 0 Å². The lowest BCUT2D eigenvalue weighted by Gasteiger charge is -2.21. The van der Waals surface area contributed by atoms with Crippen LogP contribution < -0.4 is 0 Å². The number of likely N-dealkylation sites (N-methyl/N-ethyl adjacent to an activating group) is 1. The molecule has 9 heteroatoms. The summed E-state index contributed by atoms with van der Waals surface area (Å²) in [4.78, 5) is 3.72. The molecule has 0 aliphatic heterocycles.